The molecule has 0 amide bonds. The van der Waals surface area contributed by atoms with Crippen LogP contribution in [0.15, 0.2) is 24.8 Å². The van der Waals surface area contributed by atoms with Gasteiger partial charge in [-0.15, -0.1) is 0 Å². The predicted octanol–water partition coefficient (Wildman–Crippen LogP) is 0.925. The van der Waals surface area contributed by atoms with Crippen molar-refractivity contribution in [3.05, 3.63) is 24.8 Å². The summed E-state index contributed by atoms with van der Waals surface area (Å²) in [6, 6.07) is 0. The third-order valence-corrected chi connectivity index (χ3v) is 2.78. The van der Waals surface area contributed by atoms with E-state index in [4.69, 9.17) is 5.73 Å². The monoisotopic (exact) mass is 244 g/mol. The van der Waals surface area contributed by atoms with Crippen LogP contribution in [0.25, 0.3) is 16.6 Å². The lowest BCUT2D eigenvalue weighted by atomic mass is 10.4. The van der Waals surface area contributed by atoms with Crippen molar-refractivity contribution >= 4 is 16.9 Å². The number of nitrogens with two attached hydrogens (primary N) is 1. The maximum absolute atomic E-state index is 10.1. The molecule has 3 heterocycles. The minimum Gasteiger partial charge on any atom is -0.494 e. The molecular weight excluding hydrogens is 232 g/mol. The van der Waals surface area contributed by atoms with Crippen molar-refractivity contribution in [2.45, 2.75) is 13.5 Å². The number of rotatable bonds is 2. The Labute approximate surface area is 102 Å². The molecule has 0 saturated carbocycles. The van der Waals surface area contributed by atoms with E-state index in [0.29, 0.717) is 10.9 Å². The minimum atomic E-state index is 0.0839. The van der Waals surface area contributed by atoms with Gasteiger partial charge in [-0.2, -0.15) is 5.10 Å². The fourth-order valence-electron chi connectivity index (χ4n) is 1.84. The molecule has 0 aromatic carbocycles. The number of aryl methyl sites for hydroxylation is 1. The first kappa shape index (κ1) is 10.6. The number of nitrogen functional groups attached to an aromatic ring is 1. The summed E-state index contributed by atoms with van der Waals surface area (Å²) in [5, 5.41) is 14.8. The highest BCUT2D eigenvalue weighted by molar-refractivity contribution is 5.85. The minimum absolute atomic E-state index is 0.0839. The van der Waals surface area contributed by atoms with Gasteiger partial charge in [0, 0.05) is 25.1 Å². The molecule has 18 heavy (non-hydrogen) atoms. The third kappa shape index (κ3) is 1.48. The van der Waals surface area contributed by atoms with E-state index in [1.807, 2.05) is 13.1 Å². The van der Waals surface area contributed by atoms with E-state index in [1.54, 1.807) is 21.6 Å². The molecule has 0 aliphatic carbocycles. The summed E-state index contributed by atoms with van der Waals surface area (Å²) >= 11 is 0. The highest BCUT2D eigenvalue weighted by Gasteiger charge is 2.12. The Morgan fingerprint density at radius 1 is 1.33 bits per heavy atom. The van der Waals surface area contributed by atoms with E-state index < -0.39 is 0 Å². The largest absolute Gasteiger partial charge is 0.494 e. The van der Waals surface area contributed by atoms with E-state index in [9.17, 15) is 5.11 Å². The molecule has 3 aromatic rings. The van der Waals surface area contributed by atoms with Crippen LogP contribution in [0.1, 0.15) is 6.92 Å². The molecule has 3 rings (SSSR count). The first-order chi connectivity index (χ1) is 8.69. The van der Waals surface area contributed by atoms with Gasteiger partial charge in [0.25, 0.3) is 0 Å². The third-order valence-electron chi connectivity index (χ3n) is 2.78. The van der Waals surface area contributed by atoms with Crippen LogP contribution < -0.4 is 5.73 Å². The normalized spacial score (nSPS) is 11.2. The Kier molecular flexibility index (Phi) is 2.19. The molecule has 0 saturated heterocycles. The summed E-state index contributed by atoms with van der Waals surface area (Å²) < 4.78 is 3.39. The molecule has 0 aliphatic rings. The van der Waals surface area contributed by atoms with E-state index in [-0.39, 0.29) is 11.8 Å². The summed E-state index contributed by atoms with van der Waals surface area (Å²) in [6.07, 6.45) is 6.74. The lowest BCUT2D eigenvalue weighted by molar-refractivity contribution is 0.448. The van der Waals surface area contributed by atoms with Gasteiger partial charge in [0.1, 0.15) is 0 Å². The van der Waals surface area contributed by atoms with Crippen molar-refractivity contribution in [3.8, 4) is 11.6 Å². The summed E-state index contributed by atoms with van der Waals surface area (Å²) in [5.74, 6) is 0.268. The van der Waals surface area contributed by atoms with Gasteiger partial charge in [0.05, 0.1) is 22.8 Å². The van der Waals surface area contributed by atoms with Crippen molar-refractivity contribution < 1.29 is 5.11 Å². The topological polar surface area (TPSA) is 94.8 Å². The van der Waals surface area contributed by atoms with E-state index >= 15 is 0 Å². The van der Waals surface area contributed by atoms with E-state index in [1.165, 1.54) is 6.20 Å². The molecule has 92 valence electrons. The van der Waals surface area contributed by atoms with Gasteiger partial charge in [-0.05, 0) is 6.92 Å². The van der Waals surface area contributed by atoms with Gasteiger partial charge in [-0.1, -0.05) is 0 Å². The zero-order valence-corrected chi connectivity index (χ0v) is 9.78. The second kappa shape index (κ2) is 3.73. The Hall–Kier alpha value is -2.57. The van der Waals surface area contributed by atoms with Crippen molar-refractivity contribution in [3.63, 3.8) is 0 Å². The maximum atomic E-state index is 10.1. The van der Waals surface area contributed by atoms with Crippen molar-refractivity contribution in [2.24, 2.45) is 0 Å². The number of hydrogen-bond donors (Lipinski definition) is 2. The number of anilines is 1. The first-order valence-electron chi connectivity index (χ1n) is 5.54. The fraction of sp³-hybridized carbons (Fsp3) is 0.182. The van der Waals surface area contributed by atoms with Crippen molar-refractivity contribution in [1.82, 2.24) is 24.3 Å². The first-order valence-corrected chi connectivity index (χ1v) is 5.54. The second-order valence-corrected chi connectivity index (χ2v) is 3.90. The number of hydrogen-bond acceptors (Lipinski definition) is 5. The van der Waals surface area contributed by atoms with E-state index in [0.717, 1.165) is 12.2 Å². The van der Waals surface area contributed by atoms with Crippen LogP contribution in [0.4, 0.5) is 5.95 Å². The van der Waals surface area contributed by atoms with Crippen LogP contribution in [0, 0.1) is 0 Å². The highest BCUT2D eigenvalue weighted by atomic mass is 16.3. The second-order valence-electron chi connectivity index (χ2n) is 3.90. The van der Waals surface area contributed by atoms with Crippen molar-refractivity contribution in [2.75, 3.05) is 5.73 Å². The van der Waals surface area contributed by atoms with Crippen LogP contribution in [0.2, 0.25) is 0 Å². The standard InChI is InChI=1S/C11H12N6O/c1-2-16-5-7(3-14-16)17-6-9-8(10(17)18)4-13-11(12)15-9/h3-6,18H,2H2,1H3,(H2,12,15). The Morgan fingerprint density at radius 2 is 2.17 bits per heavy atom. The molecule has 0 atom stereocenters. The molecule has 3 aromatic heterocycles. The number of nitrogens with zero attached hydrogens (tertiary/aromatic N) is 5. The fourth-order valence-corrected chi connectivity index (χ4v) is 1.84. The highest BCUT2D eigenvalue weighted by Crippen LogP contribution is 2.28. The average molecular weight is 244 g/mol. The SMILES string of the molecule is CCn1cc(-n2cc3nc(N)ncc3c2O)cn1. The Morgan fingerprint density at radius 3 is 2.89 bits per heavy atom. The average Bonchev–Trinajstić information content (AvgIpc) is 2.94. The number of fused-ring (bicyclic) bond motifs is 1. The van der Waals surface area contributed by atoms with Crippen LogP contribution in [-0.4, -0.2) is 29.4 Å². The molecule has 0 fully saturated rings. The van der Waals surface area contributed by atoms with Crippen LogP contribution in [0.3, 0.4) is 0 Å². The molecule has 0 aliphatic heterocycles. The molecule has 0 radical (unpaired) electrons. The quantitative estimate of drug-likeness (QED) is 0.699. The van der Waals surface area contributed by atoms with Crippen molar-refractivity contribution in [1.29, 1.82) is 0 Å². The Bertz CT molecular complexity index is 713. The van der Waals surface area contributed by atoms with Crippen LogP contribution in [-0.2, 0) is 6.54 Å². The van der Waals surface area contributed by atoms with Gasteiger partial charge < -0.3 is 10.8 Å². The zero-order valence-electron chi connectivity index (χ0n) is 9.78. The molecule has 7 heteroatoms. The Balaban J connectivity index is 2.20. The molecule has 0 spiro atoms. The summed E-state index contributed by atoms with van der Waals surface area (Å²) in [7, 11) is 0. The summed E-state index contributed by atoms with van der Waals surface area (Å²) in [4.78, 5) is 7.94. The lowest BCUT2D eigenvalue weighted by Gasteiger charge is -1.99. The number of aromatic nitrogens is 5. The van der Waals surface area contributed by atoms with Gasteiger partial charge >= 0.3 is 0 Å². The summed E-state index contributed by atoms with van der Waals surface area (Å²) in [6.45, 7) is 2.77. The van der Waals surface area contributed by atoms with Gasteiger partial charge in [0.15, 0.2) is 0 Å². The maximum Gasteiger partial charge on any atom is 0.220 e. The van der Waals surface area contributed by atoms with Gasteiger partial charge in [-0.25, -0.2) is 9.97 Å². The summed E-state index contributed by atoms with van der Waals surface area (Å²) in [5.41, 5.74) is 6.89. The van der Waals surface area contributed by atoms with Crippen LogP contribution >= 0.6 is 0 Å². The van der Waals surface area contributed by atoms with E-state index in [2.05, 4.69) is 15.1 Å². The molecule has 3 N–H and O–H groups in total. The molecule has 0 bridgehead atoms. The predicted molar refractivity (Wildman–Crippen MR) is 66.4 cm³/mol. The molecule has 0 unspecified atom stereocenters. The molecular formula is C11H12N6O. The lowest BCUT2D eigenvalue weighted by Crippen LogP contribution is -1.93. The smallest absolute Gasteiger partial charge is 0.220 e. The number of aromatic hydroxyl groups is 1. The zero-order chi connectivity index (χ0) is 12.7. The van der Waals surface area contributed by atoms with Gasteiger partial charge in [0.2, 0.25) is 11.8 Å². The van der Waals surface area contributed by atoms with Crippen LogP contribution in [0.5, 0.6) is 5.88 Å². The van der Waals surface area contributed by atoms with Gasteiger partial charge in [-0.3, -0.25) is 9.25 Å². The molecule has 7 nitrogen and oxygen atoms in total.